The minimum absolute atomic E-state index is 0.359. The van der Waals surface area contributed by atoms with Crippen molar-refractivity contribution in [3.63, 3.8) is 0 Å². The molecule has 1 aromatic carbocycles. The second-order valence-electron chi connectivity index (χ2n) is 7.09. The van der Waals surface area contributed by atoms with Gasteiger partial charge in [0, 0.05) is 10.9 Å². The summed E-state index contributed by atoms with van der Waals surface area (Å²) in [6.45, 7) is 2.25. The van der Waals surface area contributed by atoms with Gasteiger partial charge in [0.1, 0.15) is 11.3 Å². The normalized spacial score (nSPS) is 16.6. The minimum atomic E-state index is 0.359. The average Bonchev–Trinajstić information content (AvgIpc) is 3.37. The van der Waals surface area contributed by atoms with E-state index in [-0.39, 0.29) is 0 Å². The molecule has 0 amide bonds. The summed E-state index contributed by atoms with van der Waals surface area (Å²) in [5.74, 6) is 2.26. The maximum atomic E-state index is 6.51. The molecule has 5 nitrogen and oxygen atoms in total. The lowest BCUT2D eigenvalue weighted by Crippen LogP contribution is -2.19. The smallest absolute Gasteiger partial charge is 0.120 e. The van der Waals surface area contributed by atoms with Gasteiger partial charge >= 0.3 is 0 Å². The molecule has 1 aliphatic carbocycles. The summed E-state index contributed by atoms with van der Waals surface area (Å²) in [5.41, 5.74) is 4.10. The predicted octanol–water partition coefficient (Wildman–Crippen LogP) is 4.78. The van der Waals surface area contributed by atoms with E-state index in [1.807, 2.05) is 12.1 Å². The van der Waals surface area contributed by atoms with Crippen LogP contribution in [0.5, 0.6) is 5.75 Å². The molecule has 2 aromatic heterocycles. The van der Waals surface area contributed by atoms with E-state index in [0.717, 1.165) is 45.9 Å². The number of aromatic nitrogens is 4. The lowest BCUT2D eigenvalue weighted by Gasteiger charge is -2.26. The number of H-pyrrole nitrogens is 1. The van der Waals surface area contributed by atoms with Crippen LogP contribution in [-0.2, 0) is 6.42 Å². The van der Waals surface area contributed by atoms with Crippen LogP contribution in [0.4, 0.5) is 0 Å². The molecule has 0 aliphatic heterocycles. The third kappa shape index (κ3) is 3.28. The maximum absolute atomic E-state index is 6.51. The van der Waals surface area contributed by atoms with E-state index in [4.69, 9.17) is 16.3 Å². The van der Waals surface area contributed by atoms with E-state index in [1.54, 1.807) is 19.6 Å². The summed E-state index contributed by atoms with van der Waals surface area (Å²) in [4.78, 5) is 7.67. The average molecular weight is 371 g/mol. The van der Waals surface area contributed by atoms with Gasteiger partial charge in [0.15, 0.2) is 0 Å². The largest absolute Gasteiger partial charge is 0.497 e. The van der Waals surface area contributed by atoms with Gasteiger partial charge in [-0.2, -0.15) is 10.2 Å². The first-order valence-electron chi connectivity index (χ1n) is 9.18. The Bertz CT molecular complexity index is 906. The van der Waals surface area contributed by atoms with Crippen LogP contribution < -0.4 is 4.74 Å². The van der Waals surface area contributed by atoms with Crippen LogP contribution in [0.3, 0.4) is 0 Å². The Morgan fingerprint density at radius 2 is 2.19 bits per heavy atom. The molecule has 2 unspecified atom stereocenters. The van der Waals surface area contributed by atoms with E-state index < -0.39 is 0 Å². The van der Waals surface area contributed by atoms with Crippen molar-refractivity contribution in [2.75, 3.05) is 7.11 Å². The predicted molar refractivity (Wildman–Crippen MR) is 103 cm³/mol. The molecular formula is C20H23ClN4O. The van der Waals surface area contributed by atoms with Gasteiger partial charge in [-0.1, -0.05) is 31.0 Å². The molecule has 0 radical (unpaired) electrons. The lowest BCUT2D eigenvalue weighted by atomic mass is 9.79. The Morgan fingerprint density at radius 1 is 1.35 bits per heavy atom. The first-order valence-corrected chi connectivity index (χ1v) is 9.56. The van der Waals surface area contributed by atoms with E-state index in [9.17, 15) is 0 Å². The first kappa shape index (κ1) is 17.3. The van der Waals surface area contributed by atoms with E-state index in [0.29, 0.717) is 17.8 Å². The van der Waals surface area contributed by atoms with Crippen LogP contribution in [0.1, 0.15) is 43.4 Å². The third-order valence-corrected chi connectivity index (χ3v) is 5.84. The molecule has 2 atom stereocenters. The minimum Gasteiger partial charge on any atom is -0.497 e. The second kappa shape index (κ2) is 7.23. The van der Waals surface area contributed by atoms with E-state index in [1.165, 1.54) is 12.8 Å². The molecule has 1 aliphatic rings. The number of ether oxygens (including phenoxy) is 1. The fourth-order valence-corrected chi connectivity index (χ4v) is 4.19. The van der Waals surface area contributed by atoms with Gasteiger partial charge < -0.3 is 9.72 Å². The summed E-state index contributed by atoms with van der Waals surface area (Å²) in [6, 6.07) is 5.95. The standard InChI is InChI=1S/C20H23ClN4O/c1-3-12(8-14-6-7-15(26-2)9-16(14)21)18(13-4-5-13)20-19-17(10-24-25-20)22-11-23-19/h6-7,9-13,18H,3-5,8H2,1-2H3,(H,22,23). The number of rotatable bonds is 7. The van der Waals surface area contributed by atoms with Gasteiger partial charge in [-0.05, 0) is 48.8 Å². The van der Waals surface area contributed by atoms with Crippen LogP contribution in [-0.4, -0.2) is 27.3 Å². The Morgan fingerprint density at radius 3 is 2.88 bits per heavy atom. The number of hydrogen-bond acceptors (Lipinski definition) is 4. The number of imidazole rings is 1. The van der Waals surface area contributed by atoms with E-state index in [2.05, 4.69) is 33.2 Å². The Hall–Kier alpha value is -2.14. The van der Waals surface area contributed by atoms with Gasteiger partial charge in [-0.3, -0.25) is 0 Å². The quantitative estimate of drug-likeness (QED) is 0.650. The zero-order chi connectivity index (χ0) is 18.1. The van der Waals surface area contributed by atoms with Crippen molar-refractivity contribution in [1.29, 1.82) is 0 Å². The molecule has 4 rings (SSSR count). The summed E-state index contributed by atoms with van der Waals surface area (Å²) in [5, 5.41) is 9.50. The van der Waals surface area contributed by atoms with Crippen LogP contribution >= 0.6 is 11.6 Å². The fraction of sp³-hybridized carbons (Fsp3) is 0.450. The van der Waals surface area contributed by atoms with Crippen LogP contribution in [0, 0.1) is 11.8 Å². The topological polar surface area (TPSA) is 63.7 Å². The van der Waals surface area contributed by atoms with Gasteiger partial charge in [0.05, 0.1) is 30.8 Å². The number of halogens is 1. The zero-order valence-corrected chi connectivity index (χ0v) is 15.8. The highest BCUT2D eigenvalue weighted by Crippen LogP contribution is 2.49. The van der Waals surface area contributed by atoms with Crippen molar-refractivity contribution in [1.82, 2.24) is 20.2 Å². The molecule has 1 fully saturated rings. The number of hydrogen-bond donors (Lipinski definition) is 1. The maximum Gasteiger partial charge on any atom is 0.120 e. The number of fused-ring (bicyclic) bond motifs is 1. The summed E-state index contributed by atoms with van der Waals surface area (Å²) in [6.07, 6.45) is 7.95. The molecule has 0 bridgehead atoms. The SMILES string of the molecule is CCC(Cc1ccc(OC)cc1Cl)C(c1nncc2[nH]cnc12)C1CC1. The van der Waals surface area contributed by atoms with Crippen LogP contribution in [0.25, 0.3) is 11.0 Å². The Labute approximate surface area is 158 Å². The Balaban J connectivity index is 1.68. The fourth-order valence-electron chi connectivity index (χ4n) is 3.94. The van der Waals surface area contributed by atoms with E-state index >= 15 is 0 Å². The third-order valence-electron chi connectivity index (χ3n) is 5.48. The van der Waals surface area contributed by atoms with Gasteiger partial charge in [-0.25, -0.2) is 4.98 Å². The number of nitrogens with one attached hydrogen (secondary N) is 1. The molecule has 26 heavy (non-hydrogen) atoms. The zero-order valence-electron chi connectivity index (χ0n) is 15.1. The number of methoxy groups -OCH3 is 1. The molecule has 3 aromatic rings. The van der Waals surface area contributed by atoms with Crippen molar-refractivity contribution in [3.8, 4) is 5.75 Å². The van der Waals surface area contributed by atoms with Crippen molar-refractivity contribution >= 4 is 22.6 Å². The summed E-state index contributed by atoms with van der Waals surface area (Å²) in [7, 11) is 1.66. The number of nitrogens with zero attached hydrogens (tertiary/aromatic N) is 3. The lowest BCUT2D eigenvalue weighted by molar-refractivity contribution is 0.365. The number of benzene rings is 1. The second-order valence-corrected chi connectivity index (χ2v) is 7.49. The molecule has 0 saturated heterocycles. The Kier molecular flexibility index (Phi) is 4.81. The first-order chi connectivity index (χ1) is 12.7. The van der Waals surface area contributed by atoms with Crippen molar-refractivity contribution in [3.05, 3.63) is 47.0 Å². The number of aromatic amines is 1. The molecule has 136 valence electrons. The van der Waals surface area contributed by atoms with Crippen LogP contribution in [0.2, 0.25) is 5.02 Å². The van der Waals surface area contributed by atoms with Crippen LogP contribution in [0.15, 0.2) is 30.7 Å². The molecule has 1 saturated carbocycles. The highest BCUT2D eigenvalue weighted by molar-refractivity contribution is 6.31. The highest BCUT2D eigenvalue weighted by atomic mass is 35.5. The molecule has 2 heterocycles. The molecular weight excluding hydrogens is 348 g/mol. The van der Waals surface area contributed by atoms with Gasteiger partial charge in [-0.15, -0.1) is 0 Å². The van der Waals surface area contributed by atoms with Gasteiger partial charge in [0.2, 0.25) is 0 Å². The van der Waals surface area contributed by atoms with Crippen molar-refractivity contribution in [2.45, 2.75) is 38.5 Å². The summed E-state index contributed by atoms with van der Waals surface area (Å²) >= 11 is 6.51. The van der Waals surface area contributed by atoms with Gasteiger partial charge in [0.25, 0.3) is 0 Å². The van der Waals surface area contributed by atoms with Crippen molar-refractivity contribution in [2.24, 2.45) is 11.8 Å². The molecule has 0 spiro atoms. The highest BCUT2D eigenvalue weighted by Gasteiger charge is 2.39. The van der Waals surface area contributed by atoms with Crippen molar-refractivity contribution < 1.29 is 4.74 Å². The molecule has 1 N–H and O–H groups in total. The molecule has 6 heteroatoms. The summed E-state index contributed by atoms with van der Waals surface area (Å²) < 4.78 is 5.27. The monoisotopic (exact) mass is 370 g/mol.